The molecule has 4 aromatic rings. The smallest absolute Gasteiger partial charge is 0.211 e. The van der Waals surface area contributed by atoms with E-state index in [4.69, 9.17) is 0 Å². The maximum absolute atomic E-state index is 13.4. The molecule has 0 aliphatic rings. The summed E-state index contributed by atoms with van der Waals surface area (Å²) in [7, 11) is 0. The zero-order chi connectivity index (χ0) is 23.0. The van der Waals surface area contributed by atoms with Crippen LogP contribution < -0.4 is 0 Å². The Morgan fingerprint density at radius 1 is 0.750 bits per heavy atom. The molecule has 0 aliphatic carbocycles. The summed E-state index contributed by atoms with van der Waals surface area (Å²) in [5.41, 5.74) is 4.31. The Hall–Kier alpha value is -4.19. The van der Waals surface area contributed by atoms with Crippen molar-refractivity contribution in [2.45, 2.75) is 13.8 Å². The van der Waals surface area contributed by atoms with Gasteiger partial charge in [-0.15, -0.1) is 0 Å². The fourth-order valence-electron chi connectivity index (χ4n) is 3.47. The number of rotatable bonds is 4. The van der Waals surface area contributed by atoms with Crippen molar-refractivity contribution in [1.82, 2.24) is 4.98 Å². The highest BCUT2D eigenvalue weighted by molar-refractivity contribution is 6.08. The van der Waals surface area contributed by atoms with Crippen molar-refractivity contribution in [2.24, 2.45) is 0 Å². The number of aryl methyl sites for hydroxylation is 2. The molecule has 5 nitrogen and oxygen atoms in total. The van der Waals surface area contributed by atoms with Crippen LogP contribution >= 0.6 is 0 Å². The highest BCUT2D eigenvalue weighted by Crippen LogP contribution is 2.35. The van der Waals surface area contributed by atoms with Crippen LogP contribution in [0.2, 0.25) is 0 Å². The Balaban J connectivity index is 1.89. The van der Waals surface area contributed by atoms with Crippen LogP contribution in [0.4, 0.5) is 4.39 Å². The first-order valence-electron chi connectivity index (χ1n) is 9.89. The minimum absolute atomic E-state index is 0.109. The van der Waals surface area contributed by atoms with E-state index in [2.05, 4.69) is 4.98 Å². The van der Waals surface area contributed by atoms with Gasteiger partial charge in [0.15, 0.2) is 11.6 Å². The molecule has 3 aromatic carbocycles. The number of pyridine rings is 1. The molecule has 0 fully saturated rings. The molecule has 32 heavy (non-hydrogen) atoms. The third-order valence-corrected chi connectivity index (χ3v) is 5.31. The summed E-state index contributed by atoms with van der Waals surface area (Å²) in [4.78, 5) is 17.6. The molecule has 0 atom stereocenters. The first kappa shape index (κ1) is 21.1. The second-order valence-corrected chi connectivity index (χ2v) is 7.59. The second-order valence-electron chi connectivity index (χ2n) is 7.59. The van der Waals surface area contributed by atoms with E-state index in [1.165, 1.54) is 6.07 Å². The lowest BCUT2D eigenvalue weighted by Gasteiger charge is -2.13. The van der Waals surface area contributed by atoms with E-state index >= 15 is 0 Å². The molecule has 4 rings (SSSR count). The minimum Gasteiger partial charge on any atom is -0.508 e. The molecule has 0 saturated carbocycles. The fourth-order valence-corrected chi connectivity index (χ4v) is 3.47. The number of carbonyl (C=O) groups excluding carboxylic acids is 1. The number of nitrogens with zero attached hydrogens (tertiary/aromatic N) is 1. The lowest BCUT2D eigenvalue weighted by atomic mass is 9.95. The predicted molar refractivity (Wildman–Crippen MR) is 119 cm³/mol. The zero-order valence-corrected chi connectivity index (χ0v) is 17.4. The largest absolute Gasteiger partial charge is 0.508 e. The number of hydrogen-bond acceptors (Lipinski definition) is 5. The van der Waals surface area contributed by atoms with Gasteiger partial charge in [0.05, 0.1) is 5.69 Å². The third kappa shape index (κ3) is 3.90. The van der Waals surface area contributed by atoms with Crippen molar-refractivity contribution < 1.29 is 24.5 Å². The average molecular weight is 429 g/mol. The van der Waals surface area contributed by atoms with Gasteiger partial charge in [0, 0.05) is 16.7 Å². The van der Waals surface area contributed by atoms with Crippen LogP contribution in [0.1, 0.15) is 27.2 Å². The van der Waals surface area contributed by atoms with Gasteiger partial charge >= 0.3 is 0 Å². The molecule has 0 saturated heterocycles. The molecule has 3 N–H and O–H groups in total. The van der Waals surface area contributed by atoms with Crippen LogP contribution in [0.3, 0.4) is 0 Å². The molecule has 0 unspecified atom stereocenters. The first-order chi connectivity index (χ1) is 15.2. The van der Waals surface area contributed by atoms with E-state index in [1.54, 1.807) is 56.3 Å². The summed E-state index contributed by atoms with van der Waals surface area (Å²) in [6.45, 7) is 3.55. The van der Waals surface area contributed by atoms with Crippen LogP contribution in [0.25, 0.3) is 22.4 Å². The normalized spacial score (nSPS) is 10.8. The van der Waals surface area contributed by atoms with Crippen LogP contribution in [-0.2, 0) is 0 Å². The van der Waals surface area contributed by atoms with E-state index in [-0.39, 0.29) is 22.8 Å². The molecule has 1 heterocycles. The molecule has 0 bridgehead atoms. The van der Waals surface area contributed by atoms with E-state index in [9.17, 15) is 24.5 Å². The van der Waals surface area contributed by atoms with Gasteiger partial charge in [-0.1, -0.05) is 6.07 Å². The van der Waals surface area contributed by atoms with E-state index < -0.39 is 17.3 Å². The number of aromatic nitrogens is 1. The van der Waals surface area contributed by atoms with Crippen molar-refractivity contribution >= 4 is 5.78 Å². The Bertz CT molecular complexity index is 1360. The number of aromatic hydroxyl groups is 3. The number of phenolic OH excluding ortho intramolecular Hbond substituents is 3. The Kier molecular flexibility index (Phi) is 5.36. The van der Waals surface area contributed by atoms with Gasteiger partial charge in [-0.25, -0.2) is 9.37 Å². The van der Waals surface area contributed by atoms with Gasteiger partial charge < -0.3 is 15.3 Å². The fraction of sp³-hybridized carbons (Fsp3) is 0.0769. The molecule has 0 radical (unpaired) electrons. The monoisotopic (exact) mass is 429 g/mol. The average Bonchev–Trinajstić information content (AvgIpc) is 2.78. The van der Waals surface area contributed by atoms with Gasteiger partial charge in [0.25, 0.3) is 0 Å². The molecule has 1 aromatic heterocycles. The molecule has 6 heteroatoms. The topological polar surface area (TPSA) is 90.7 Å². The van der Waals surface area contributed by atoms with Gasteiger partial charge in [0.2, 0.25) is 5.78 Å². The number of halogens is 1. The standard InChI is InChI=1S/C26H20FNO4/c1-14-11-16(4-9-22(14)29)19-6-8-21(26(32)18-3-7-20(27)24(31)13-18)28-25(19)17-5-10-23(30)15(2)12-17/h3-13,29-31H,1-2H3. The molecule has 160 valence electrons. The van der Waals surface area contributed by atoms with Crippen molar-refractivity contribution in [3.8, 4) is 39.6 Å². The highest BCUT2D eigenvalue weighted by atomic mass is 19.1. The lowest BCUT2D eigenvalue weighted by Crippen LogP contribution is -2.06. The molecular weight excluding hydrogens is 409 g/mol. The van der Waals surface area contributed by atoms with Gasteiger partial charge in [-0.2, -0.15) is 0 Å². The summed E-state index contributed by atoms with van der Waals surface area (Å²) in [5, 5.41) is 29.5. The molecule has 0 aliphatic heterocycles. The Morgan fingerprint density at radius 3 is 2.00 bits per heavy atom. The van der Waals surface area contributed by atoms with E-state index in [1.807, 2.05) is 6.07 Å². The van der Waals surface area contributed by atoms with Crippen molar-refractivity contribution in [3.05, 3.63) is 94.9 Å². The molecular formula is C26H20FNO4. The lowest BCUT2D eigenvalue weighted by molar-refractivity contribution is 0.103. The zero-order valence-electron chi connectivity index (χ0n) is 17.4. The quantitative estimate of drug-likeness (QED) is 0.372. The number of carbonyl (C=O) groups is 1. The Labute approximate surface area is 184 Å². The second kappa shape index (κ2) is 8.15. The van der Waals surface area contributed by atoms with Crippen LogP contribution in [0.15, 0.2) is 66.7 Å². The first-order valence-corrected chi connectivity index (χ1v) is 9.89. The van der Waals surface area contributed by atoms with Gasteiger partial charge in [-0.3, -0.25) is 4.79 Å². The molecule has 0 spiro atoms. The maximum Gasteiger partial charge on any atom is 0.211 e. The summed E-state index contributed by atoms with van der Waals surface area (Å²) in [6, 6.07) is 16.9. The van der Waals surface area contributed by atoms with Crippen molar-refractivity contribution in [1.29, 1.82) is 0 Å². The minimum atomic E-state index is -0.812. The summed E-state index contributed by atoms with van der Waals surface area (Å²) in [5.74, 6) is -1.57. The summed E-state index contributed by atoms with van der Waals surface area (Å²) < 4.78 is 13.4. The van der Waals surface area contributed by atoms with Gasteiger partial charge in [0.1, 0.15) is 17.2 Å². The number of benzene rings is 3. The highest BCUT2D eigenvalue weighted by Gasteiger charge is 2.18. The predicted octanol–water partition coefficient (Wildman–Crippen LogP) is 5.52. The SMILES string of the molecule is Cc1cc(-c2ccc(C(=O)c3ccc(F)c(O)c3)nc2-c2ccc(O)c(C)c2)ccc1O. The summed E-state index contributed by atoms with van der Waals surface area (Å²) >= 11 is 0. The number of hydrogen-bond donors (Lipinski definition) is 3. The Morgan fingerprint density at radius 2 is 1.38 bits per heavy atom. The summed E-state index contributed by atoms with van der Waals surface area (Å²) in [6.07, 6.45) is 0. The van der Waals surface area contributed by atoms with Crippen LogP contribution in [0.5, 0.6) is 17.2 Å². The van der Waals surface area contributed by atoms with Gasteiger partial charge in [-0.05, 0) is 91.2 Å². The number of ketones is 1. The van der Waals surface area contributed by atoms with Crippen LogP contribution in [-0.4, -0.2) is 26.1 Å². The van der Waals surface area contributed by atoms with E-state index in [0.717, 1.165) is 23.3 Å². The van der Waals surface area contributed by atoms with Crippen molar-refractivity contribution in [2.75, 3.05) is 0 Å². The third-order valence-electron chi connectivity index (χ3n) is 5.31. The number of phenols is 3. The molecule has 0 amide bonds. The maximum atomic E-state index is 13.4. The van der Waals surface area contributed by atoms with Crippen LogP contribution in [0, 0.1) is 19.7 Å². The van der Waals surface area contributed by atoms with Crippen molar-refractivity contribution in [3.63, 3.8) is 0 Å². The van der Waals surface area contributed by atoms with E-state index in [0.29, 0.717) is 22.4 Å².